The fraction of sp³-hybridized carbons (Fsp3) is 0.579. The van der Waals surface area contributed by atoms with Crippen LogP contribution >= 0.6 is 0 Å². The monoisotopic (exact) mass is 359 g/mol. The molecule has 26 heavy (non-hydrogen) atoms. The van der Waals surface area contributed by atoms with Crippen molar-refractivity contribution in [3.05, 3.63) is 42.1 Å². The van der Waals surface area contributed by atoms with Crippen LogP contribution in [0.5, 0.6) is 0 Å². The zero-order chi connectivity index (χ0) is 18.5. The minimum Gasteiger partial charge on any atom is -0.472 e. The highest BCUT2D eigenvalue weighted by atomic mass is 16.3. The molecule has 1 aliphatic heterocycles. The van der Waals surface area contributed by atoms with Gasteiger partial charge in [-0.25, -0.2) is 4.79 Å². The number of carbonyl (C=O) groups excluding carboxylic acids is 1. The number of hydrogen-bond acceptors (Lipinski definition) is 4. The molecule has 0 saturated carbocycles. The van der Waals surface area contributed by atoms with Crippen LogP contribution in [0.2, 0.25) is 0 Å². The molecule has 0 spiro atoms. The first-order valence-corrected chi connectivity index (χ1v) is 9.31. The Morgan fingerprint density at radius 1 is 1.50 bits per heavy atom. The van der Waals surface area contributed by atoms with Gasteiger partial charge < -0.3 is 14.6 Å². The second kappa shape index (κ2) is 8.40. The van der Waals surface area contributed by atoms with Crippen molar-refractivity contribution in [2.75, 3.05) is 26.7 Å². The van der Waals surface area contributed by atoms with Crippen LogP contribution in [0.15, 0.2) is 35.4 Å². The Balaban J connectivity index is 1.64. The lowest BCUT2D eigenvalue weighted by atomic mass is 9.85. The Labute approximate surface area is 154 Å². The fourth-order valence-electron chi connectivity index (χ4n) is 3.91. The second-order valence-corrected chi connectivity index (χ2v) is 7.09. The van der Waals surface area contributed by atoms with Gasteiger partial charge in [0.15, 0.2) is 0 Å². The third-order valence-electron chi connectivity index (χ3n) is 5.21. The minimum atomic E-state index is -0.0511. The Morgan fingerprint density at radius 3 is 3.00 bits per heavy atom. The summed E-state index contributed by atoms with van der Waals surface area (Å²) in [4.78, 5) is 16.8. The number of furan rings is 1. The molecule has 7 heteroatoms. The minimum absolute atomic E-state index is 0.0511. The van der Waals surface area contributed by atoms with Crippen LogP contribution in [0.1, 0.15) is 36.9 Å². The van der Waals surface area contributed by atoms with E-state index in [1.807, 2.05) is 31.0 Å². The Bertz CT molecular complexity index is 697. The third kappa shape index (κ3) is 4.27. The van der Waals surface area contributed by atoms with Gasteiger partial charge in [-0.05, 0) is 37.9 Å². The van der Waals surface area contributed by atoms with Gasteiger partial charge in [0, 0.05) is 50.6 Å². The number of urea groups is 1. The topological polar surface area (TPSA) is 66.5 Å². The number of nitrogens with zero attached hydrogens (tertiary/aromatic N) is 4. The highest BCUT2D eigenvalue weighted by Crippen LogP contribution is 2.36. The summed E-state index contributed by atoms with van der Waals surface area (Å²) in [6.45, 7) is 5.52. The largest absolute Gasteiger partial charge is 0.472 e. The third-order valence-corrected chi connectivity index (χ3v) is 5.21. The summed E-state index contributed by atoms with van der Waals surface area (Å²) in [6.07, 6.45) is 9.62. The molecule has 3 rings (SSSR count). The van der Waals surface area contributed by atoms with Crippen LogP contribution in [0.4, 0.5) is 4.79 Å². The second-order valence-electron chi connectivity index (χ2n) is 7.09. The van der Waals surface area contributed by atoms with Crippen molar-refractivity contribution in [3.8, 4) is 0 Å². The van der Waals surface area contributed by atoms with Gasteiger partial charge >= 0.3 is 6.03 Å². The van der Waals surface area contributed by atoms with E-state index in [2.05, 4.69) is 28.4 Å². The highest BCUT2D eigenvalue weighted by Gasteiger charge is 2.33. The number of nitrogens with one attached hydrogen (secondary N) is 1. The summed E-state index contributed by atoms with van der Waals surface area (Å²) in [7, 11) is 3.82. The Hall–Kier alpha value is -2.28. The molecule has 0 unspecified atom stereocenters. The van der Waals surface area contributed by atoms with Crippen molar-refractivity contribution in [3.63, 3.8) is 0 Å². The summed E-state index contributed by atoms with van der Waals surface area (Å²) >= 11 is 0. The number of likely N-dealkylation sites (tertiary alicyclic amines) is 1. The maximum atomic E-state index is 12.5. The highest BCUT2D eigenvalue weighted by molar-refractivity contribution is 5.73. The van der Waals surface area contributed by atoms with Crippen molar-refractivity contribution in [2.45, 2.75) is 32.4 Å². The molecule has 2 aromatic rings. The molecule has 2 atom stereocenters. The molecule has 0 aliphatic carbocycles. The van der Waals surface area contributed by atoms with Crippen molar-refractivity contribution < 1.29 is 9.21 Å². The molecule has 3 heterocycles. The van der Waals surface area contributed by atoms with Gasteiger partial charge in [-0.15, -0.1) is 0 Å². The maximum absolute atomic E-state index is 12.5. The van der Waals surface area contributed by atoms with E-state index in [0.29, 0.717) is 18.5 Å². The lowest BCUT2D eigenvalue weighted by Gasteiger charge is -2.42. The van der Waals surface area contributed by atoms with Crippen LogP contribution in [0.3, 0.4) is 0 Å². The van der Waals surface area contributed by atoms with Gasteiger partial charge in [0.25, 0.3) is 0 Å². The first-order valence-electron chi connectivity index (χ1n) is 9.31. The predicted octanol–water partition coefficient (Wildman–Crippen LogP) is 2.63. The van der Waals surface area contributed by atoms with Gasteiger partial charge in [0.2, 0.25) is 0 Å². The normalized spacial score (nSPS) is 20.9. The molecule has 0 aromatic carbocycles. The predicted molar refractivity (Wildman–Crippen MR) is 99.5 cm³/mol. The number of hydrogen-bond donors (Lipinski definition) is 1. The maximum Gasteiger partial charge on any atom is 0.317 e. The first-order chi connectivity index (χ1) is 12.6. The number of piperidine rings is 1. The van der Waals surface area contributed by atoms with Gasteiger partial charge in [-0.2, -0.15) is 5.10 Å². The molecule has 1 saturated heterocycles. The van der Waals surface area contributed by atoms with E-state index in [0.717, 1.165) is 31.6 Å². The molecule has 1 aliphatic rings. The van der Waals surface area contributed by atoms with Gasteiger partial charge in [0.05, 0.1) is 18.7 Å². The zero-order valence-electron chi connectivity index (χ0n) is 15.9. The Kier molecular flexibility index (Phi) is 5.98. The van der Waals surface area contributed by atoms with Crippen LogP contribution in [-0.4, -0.2) is 52.3 Å². The molecule has 7 nitrogen and oxygen atoms in total. The molecule has 1 fully saturated rings. The van der Waals surface area contributed by atoms with Crippen LogP contribution < -0.4 is 5.32 Å². The lowest BCUT2D eigenvalue weighted by molar-refractivity contribution is 0.0813. The number of rotatable bonds is 6. The molecule has 2 aromatic heterocycles. The summed E-state index contributed by atoms with van der Waals surface area (Å²) in [5, 5.41) is 7.31. The molecule has 0 radical (unpaired) electrons. The fourth-order valence-corrected chi connectivity index (χ4v) is 3.91. The number of aromatic nitrogens is 2. The smallest absolute Gasteiger partial charge is 0.317 e. The summed E-state index contributed by atoms with van der Waals surface area (Å²) in [5.74, 6) is 0.401. The van der Waals surface area contributed by atoms with Crippen LogP contribution in [-0.2, 0) is 13.6 Å². The number of amides is 2. The van der Waals surface area contributed by atoms with E-state index >= 15 is 0 Å². The lowest BCUT2D eigenvalue weighted by Crippen LogP contribution is -2.46. The average Bonchev–Trinajstić information content (AvgIpc) is 3.30. The van der Waals surface area contributed by atoms with Crippen molar-refractivity contribution in [2.24, 2.45) is 13.0 Å². The van der Waals surface area contributed by atoms with E-state index in [4.69, 9.17) is 4.42 Å². The standard InChI is InChI=1S/C19H29N5O2/c1-4-24-8-5-6-16(18(24)17-11-21-23(3)13-17)12-22(2)19(25)20-10-15-7-9-26-14-15/h7,9,11,13-14,16,18H,4-6,8,10,12H2,1-3H3,(H,20,25)/t16-,18+/m0/s1. The average molecular weight is 359 g/mol. The van der Waals surface area contributed by atoms with E-state index in [1.54, 1.807) is 17.4 Å². The molecular formula is C19H29N5O2. The van der Waals surface area contributed by atoms with E-state index < -0.39 is 0 Å². The molecule has 0 bridgehead atoms. The summed E-state index contributed by atoms with van der Waals surface area (Å²) in [6, 6.07) is 2.12. The number of carbonyl (C=O) groups is 1. The van der Waals surface area contributed by atoms with Crippen molar-refractivity contribution >= 4 is 6.03 Å². The summed E-state index contributed by atoms with van der Waals surface area (Å²) < 4.78 is 6.90. The van der Waals surface area contributed by atoms with Gasteiger partial charge in [-0.1, -0.05) is 6.92 Å². The van der Waals surface area contributed by atoms with Crippen LogP contribution in [0.25, 0.3) is 0 Å². The zero-order valence-corrected chi connectivity index (χ0v) is 15.9. The van der Waals surface area contributed by atoms with Gasteiger partial charge in [-0.3, -0.25) is 9.58 Å². The quantitative estimate of drug-likeness (QED) is 0.861. The molecular weight excluding hydrogens is 330 g/mol. The summed E-state index contributed by atoms with van der Waals surface area (Å²) in [5.41, 5.74) is 2.21. The Morgan fingerprint density at radius 2 is 2.35 bits per heavy atom. The first kappa shape index (κ1) is 18.5. The van der Waals surface area contributed by atoms with Crippen molar-refractivity contribution in [1.82, 2.24) is 24.9 Å². The van der Waals surface area contributed by atoms with Crippen LogP contribution in [0, 0.1) is 5.92 Å². The van der Waals surface area contributed by atoms with E-state index in [1.165, 1.54) is 12.0 Å². The molecule has 1 N–H and O–H groups in total. The van der Waals surface area contributed by atoms with E-state index in [-0.39, 0.29) is 6.03 Å². The van der Waals surface area contributed by atoms with Gasteiger partial charge in [0.1, 0.15) is 0 Å². The molecule has 142 valence electrons. The van der Waals surface area contributed by atoms with E-state index in [9.17, 15) is 4.79 Å². The van der Waals surface area contributed by atoms with Crippen molar-refractivity contribution in [1.29, 1.82) is 0 Å². The number of aryl methyl sites for hydroxylation is 1. The SMILES string of the molecule is CCN1CCC[C@@H](CN(C)C(=O)NCc2ccoc2)[C@@H]1c1cnn(C)c1. The molecule has 2 amide bonds.